The molecule has 2 atom stereocenters. The Balaban J connectivity index is 1.55. The second kappa shape index (κ2) is 5.47. The lowest BCUT2D eigenvalue weighted by molar-refractivity contribution is 0.212. The van der Waals surface area contributed by atoms with Gasteiger partial charge in [0.05, 0.1) is 6.61 Å². The van der Waals surface area contributed by atoms with Crippen LogP contribution in [-0.2, 0) is 6.54 Å². The fourth-order valence-corrected chi connectivity index (χ4v) is 3.97. The predicted molar refractivity (Wildman–Crippen MR) is 87.6 cm³/mol. The summed E-state index contributed by atoms with van der Waals surface area (Å²) in [5, 5.41) is 0. The molecule has 2 heterocycles. The van der Waals surface area contributed by atoms with E-state index in [1.807, 2.05) is 0 Å². The minimum atomic E-state index is 0.606. The summed E-state index contributed by atoms with van der Waals surface area (Å²) in [4.78, 5) is 2.56. The Morgan fingerprint density at radius 1 is 1.10 bits per heavy atom. The lowest BCUT2D eigenvalue weighted by atomic mass is 9.87. The molecule has 0 spiro atoms. The van der Waals surface area contributed by atoms with Gasteiger partial charge >= 0.3 is 0 Å². The van der Waals surface area contributed by atoms with Crippen molar-refractivity contribution >= 4 is 15.9 Å². The number of halogens is 1. The van der Waals surface area contributed by atoms with Gasteiger partial charge in [-0.05, 0) is 23.8 Å². The third-order valence-corrected chi connectivity index (χ3v) is 5.08. The number of likely N-dealkylation sites (tertiary alicyclic amines) is 1. The summed E-state index contributed by atoms with van der Waals surface area (Å²) >= 11 is 3.59. The van der Waals surface area contributed by atoms with E-state index in [9.17, 15) is 0 Å². The maximum Gasteiger partial charge on any atom is 0.122 e. The van der Waals surface area contributed by atoms with Gasteiger partial charge < -0.3 is 4.74 Å². The Labute approximate surface area is 133 Å². The fraction of sp³-hybridized carbons (Fsp3) is 0.333. The summed E-state index contributed by atoms with van der Waals surface area (Å²) in [7, 11) is 0. The molecule has 2 aliphatic rings. The predicted octanol–water partition coefficient (Wildman–Crippen LogP) is 4.06. The summed E-state index contributed by atoms with van der Waals surface area (Å²) < 4.78 is 7.09. The summed E-state index contributed by atoms with van der Waals surface area (Å²) in [6.45, 7) is 4.15. The molecular formula is C18H18BrNO. The first-order chi connectivity index (χ1) is 10.3. The van der Waals surface area contributed by atoms with Gasteiger partial charge in [-0.3, -0.25) is 4.90 Å². The van der Waals surface area contributed by atoms with E-state index in [2.05, 4.69) is 69.4 Å². The van der Waals surface area contributed by atoms with Gasteiger partial charge in [-0.2, -0.15) is 0 Å². The molecule has 108 valence electrons. The Hall–Kier alpha value is -1.32. The average Bonchev–Trinajstić information content (AvgIpc) is 2.91. The molecule has 0 saturated carbocycles. The number of fused-ring (bicyclic) bond motifs is 3. The first-order valence-electron chi connectivity index (χ1n) is 7.48. The summed E-state index contributed by atoms with van der Waals surface area (Å²) in [6.07, 6.45) is 0. The first kappa shape index (κ1) is 13.4. The van der Waals surface area contributed by atoms with Crippen molar-refractivity contribution in [1.82, 2.24) is 4.90 Å². The van der Waals surface area contributed by atoms with Crippen molar-refractivity contribution in [3.63, 3.8) is 0 Å². The zero-order valence-corrected chi connectivity index (χ0v) is 13.4. The van der Waals surface area contributed by atoms with Crippen LogP contribution in [0, 0.1) is 5.92 Å². The molecule has 21 heavy (non-hydrogen) atoms. The van der Waals surface area contributed by atoms with Crippen LogP contribution in [0.5, 0.6) is 5.75 Å². The molecule has 0 N–H and O–H groups in total. The Morgan fingerprint density at radius 2 is 1.95 bits per heavy atom. The maximum absolute atomic E-state index is 5.94. The number of rotatable bonds is 2. The zero-order valence-electron chi connectivity index (χ0n) is 11.8. The highest BCUT2D eigenvalue weighted by Gasteiger charge is 2.38. The molecule has 2 aromatic rings. The fourth-order valence-electron chi connectivity index (χ4n) is 3.59. The molecular weight excluding hydrogens is 326 g/mol. The molecule has 0 aromatic heterocycles. The average molecular weight is 344 g/mol. The highest BCUT2D eigenvalue weighted by Crippen LogP contribution is 2.42. The lowest BCUT2D eigenvalue weighted by Gasteiger charge is -2.27. The minimum absolute atomic E-state index is 0.606. The standard InChI is InChI=1S/C18H18BrNO/c19-15-6-7-18-16(8-15)17-11-20(10-14(17)12-21-18)9-13-4-2-1-3-5-13/h1-8,14,17H,9-12H2/t14-,17-/m0/s1. The molecule has 1 fully saturated rings. The monoisotopic (exact) mass is 343 g/mol. The zero-order chi connectivity index (χ0) is 14.2. The molecule has 2 aromatic carbocycles. The largest absolute Gasteiger partial charge is 0.493 e. The number of nitrogens with zero attached hydrogens (tertiary/aromatic N) is 1. The molecule has 0 bridgehead atoms. The summed E-state index contributed by atoms with van der Waals surface area (Å²) in [5.41, 5.74) is 2.77. The van der Waals surface area contributed by atoms with Crippen LogP contribution in [-0.4, -0.2) is 24.6 Å². The third-order valence-electron chi connectivity index (χ3n) is 4.59. The number of hydrogen-bond donors (Lipinski definition) is 0. The Bertz CT molecular complexity index is 643. The second-order valence-electron chi connectivity index (χ2n) is 6.04. The molecule has 4 rings (SSSR count). The van der Waals surface area contributed by atoms with Crippen molar-refractivity contribution in [3.8, 4) is 5.75 Å². The SMILES string of the molecule is Brc1ccc2c(c1)[C@H]1CN(Cc3ccccc3)C[C@H]1CO2. The Kier molecular flexibility index (Phi) is 3.48. The lowest BCUT2D eigenvalue weighted by Crippen LogP contribution is -2.25. The second-order valence-corrected chi connectivity index (χ2v) is 6.96. The van der Waals surface area contributed by atoms with Gasteiger partial charge in [0.2, 0.25) is 0 Å². The van der Waals surface area contributed by atoms with Gasteiger partial charge in [-0.25, -0.2) is 0 Å². The molecule has 2 nitrogen and oxygen atoms in total. The van der Waals surface area contributed by atoms with Crippen LogP contribution in [0.3, 0.4) is 0 Å². The van der Waals surface area contributed by atoms with E-state index >= 15 is 0 Å². The van der Waals surface area contributed by atoms with Gasteiger partial charge in [0, 0.05) is 41.5 Å². The van der Waals surface area contributed by atoms with E-state index < -0.39 is 0 Å². The molecule has 2 aliphatic heterocycles. The van der Waals surface area contributed by atoms with E-state index in [1.165, 1.54) is 11.1 Å². The Morgan fingerprint density at radius 3 is 2.81 bits per heavy atom. The van der Waals surface area contributed by atoms with E-state index in [4.69, 9.17) is 4.74 Å². The van der Waals surface area contributed by atoms with Crippen LogP contribution in [0.15, 0.2) is 53.0 Å². The third kappa shape index (κ3) is 2.60. The highest BCUT2D eigenvalue weighted by atomic mass is 79.9. The van der Waals surface area contributed by atoms with Crippen LogP contribution in [0.4, 0.5) is 0 Å². The van der Waals surface area contributed by atoms with E-state index in [1.54, 1.807) is 0 Å². The van der Waals surface area contributed by atoms with Crippen LogP contribution in [0.2, 0.25) is 0 Å². The van der Waals surface area contributed by atoms with Crippen molar-refractivity contribution in [2.75, 3.05) is 19.7 Å². The van der Waals surface area contributed by atoms with Gasteiger partial charge in [-0.15, -0.1) is 0 Å². The van der Waals surface area contributed by atoms with Gasteiger partial charge in [0.1, 0.15) is 5.75 Å². The van der Waals surface area contributed by atoms with Crippen molar-refractivity contribution in [2.45, 2.75) is 12.5 Å². The van der Waals surface area contributed by atoms with E-state index in [0.717, 1.165) is 36.5 Å². The molecule has 0 radical (unpaired) electrons. The molecule has 1 saturated heterocycles. The smallest absolute Gasteiger partial charge is 0.122 e. The van der Waals surface area contributed by atoms with Crippen molar-refractivity contribution in [3.05, 3.63) is 64.1 Å². The molecule has 0 aliphatic carbocycles. The van der Waals surface area contributed by atoms with Gasteiger partial charge in [0.15, 0.2) is 0 Å². The van der Waals surface area contributed by atoms with Crippen LogP contribution < -0.4 is 4.74 Å². The normalized spacial score (nSPS) is 24.2. The van der Waals surface area contributed by atoms with Crippen molar-refractivity contribution in [1.29, 1.82) is 0 Å². The number of hydrogen-bond acceptors (Lipinski definition) is 2. The molecule has 3 heteroatoms. The van der Waals surface area contributed by atoms with E-state index in [-0.39, 0.29) is 0 Å². The first-order valence-corrected chi connectivity index (χ1v) is 8.27. The van der Waals surface area contributed by atoms with Gasteiger partial charge in [0.25, 0.3) is 0 Å². The molecule has 0 unspecified atom stereocenters. The minimum Gasteiger partial charge on any atom is -0.493 e. The van der Waals surface area contributed by atoms with Crippen molar-refractivity contribution < 1.29 is 4.74 Å². The van der Waals surface area contributed by atoms with E-state index in [0.29, 0.717) is 11.8 Å². The van der Waals surface area contributed by atoms with Crippen LogP contribution in [0.1, 0.15) is 17.0 Å². The molecule has 0 amide bonds. The number of ether oxygens (including phenoxy) is 1. The quantitative estimate of drug-likeness (QED) is 0.815. The number of benzene rings is 2. The topological polar surface area (TPSA) is 12.5 Å². The van der Waals surface area contributed by atoms with Crippen molar-refractivity contribution in [2.24, 2.45) is 5.92 Å². The summed E-state index contributed by atoms with van der Waals surface area (Å²) in [6, 6.07) is 17.1. The summed E-state index contributed by atoms with van der Waals surface area (Å²) in [5.74, 6) is 2.30. The highest BCUT2D eigenvalue weighted by molar-refractivity contribution is 9.10. The maximum atomic E-state index is 5.94. The van der Waals surface area contributed by atoms with Crippen LogP contribution >= 0.6 is 15.9 Å². The van der Waals surface area contributed by atoms with Crippen LogP contribution in [0.25, 0.3) is 0 Å². The van der Waals surface area contributed by atoms with Gasteiger partial charge in [-0.1, -0.05) is 46.3 Å².